The molecule has 0 spiro atoms. The highest BCUT2D eigenvalue weighted by Crippen LogP contribution is 2.22. The molecule has 0 aromatic heterocycles. The summed E-state index contributed by atoms with van der Waals surface area (Å²) in [5.74, 6) is -1.48. The van der Waals surface area contributed by atoms with Crippen LogP contribution in [0.15, 0.2) is 36.4 Å². The Balaban J connectivity index is 0.000000300. The van der Waals surface area contributed by atoms with Crippen LogP contribution in [0.2, 0.25) is 0 Å². The third-order valence-corrected chi connectivity index (χ3v) is 4.31. The van der Waals surface area contributed by atoms with Crippen molar-refractivity contribution in [1.82, 2.24) is 0 Å². The lowest BCUT2D eigenvalue weighted by Gasteiger charge is -2.02. The molecule has 2 aromatic carbocycles. The number of carbonyl (C=O) groups is 2. The number of carbonyl (C=O) groups excluding carboxylic acids is 2. The number of hydrogen-bond donors (Lipinski definition) is 1. The van der Waals surface area contributed by atoms with Gasteiger partial charge in [-0.05, 0) is 23.3 Å². The molecule has 0 unspecified atom stereocenters. The van der Waals surface area contributed by atoms with Gasteiger partial charge >= 0.3 is 11.9 Å². The van der Waals surface area contributed by atoms with Crippen molar-refractivity contribution in [2.24, 2.45) is 0 Å². The number of benzene rings is 2. The summed E-state index contributed by atoms with van der Waals surface area (Å²) in [6.07, 6.45) is 0. The van der Waals surface area contributed by atoms with Crippen LogP contribution in [0.25, 0.3) is 0 Å². The maximum absolute atomic E-state index is 11.2. The van der Waals surface area contributed by atoms with Gasteiger partial charge < -0.3 is 14.6 Å². The second-order valence-electron chi connectivity index (χ2n) is 5.49. The first kappa shape index (κ1) is 24.7. The summed E-state index contributed by atoms with van der Waals surface area (Å²) in [6, 6.07) is 8.20. The van der Waals surface area contributed by atoms with E-state index >= 15 is 0 Å². The normalized spacial score (nSPS) is 9.73. The number of nitro benzene ring substituents is 2. The predicted molar refractivity (Wildman–Crippen MR) is 107 cm³/mol. The first-order valence-electron chi connectivity index (χ1n) is 8.08. The number of hydrogen-bond acceptors (Lipinski definition) is 9. The molecule has 0 saturated carbocycles. The smallest absolute Gasteiger partial charge is 0.344 e. The molecule has 0 atom stereocenters. The van der Waals surface area contributed by atoms with Crippen LogP contribution < -0.4 is 0 Å². The lowest BCUT2D eigenvalue weighted by Crippen LogP contribution is -2.06. The average molecular weight is 485 g/mol. The van der Waals surface area contributed by atoms with Gasteiger partial charge in [0.2, 0.25) is 0 Å². The molecule has 0 heterocycles. The molecular weight excluding hydrogens is 468 g/mol. The predicted octanol–water partition coefficient (Wildman–Crippen LogP) is 3.15. The molecule has 0 bridgehead atoms. The maximum Gasteiger partial charge on any atom is 0.344 e. The van der Waals surface area contributed by atoms with Crippen molar-refractivity contribution in [1.29, 1.82) is 0 Å². The molecule has 11 nitrogen and oxygen atoms in total. The van der Waals surface area contributed by atoms with E-state index in [1.165, 1.54) is 31.4 Å². The summed E-state index contributed by atoms with van der Waals surface area (Å²) in [6.45, 7) is -0.317. The summed E-state index contributed by atoms with van der Waals surface area (Å²) >= 11 is 3.18. The molecule has 2 aromatic rings. The van der Waals surface area contributed by atoms with Crippen molar-refractivity contribution in [2.45, 2.75) is 11.9 Å². The molecular formula is C18H17BrN2O9. The molecule has 0 aliphatic rings. The summed E-state index contributed by atoms with van der Waals surface area (Å²) in [7, 11) is 2.33. The van der Waals surface area contributed by atoms with Gasteiger partial charge in [-0.25, -0.2) is 9.59 Å². The van der Waals surface area contributed by atoms with Crippen LogP contribution >= 0.6 is 15.9 Å². The van der Waals surface area contributed by atoms with Gasteiger partial charge in [0.15, 0.2) is 0 Å². The average Bonchev–Trinajstić information content (AvgIpc) is 2.77. The SMILES string of the molecule is COC(=O)c1ccc(CBr)cc1[N+](=O)[O-].COC(=O)c1ccc(CO)cc1[N+](=O)[O-]. The summed E-state index contributed by atoms with van der Waals surface area (Å²) in [5.41, 5.74) is 0.336. The van der Waals surface area contributed by atoms with E-state index in [1.54, 1.807) is 6.07 Å². The Morgan fingerprint density at radius 1 is 0.900 bits per heavy atom. The highest BCUT2D eigenvalue weighted by atomic mass is 79.9. The van der Waals surface area contributed by atoms with E-state index < -0.39 is 21.8 Å². The zero-order valence-electron chi connectivity index (χ0n) is 15.9. The molecule has 160 valence electrons. The second kappa shape index (κ2) is 11.6. The topological polar surface area (TPSA) is 159 Å². The van der Waals surface area contributed by atoms with Crippen LogP contribution in [-0.4, -0.2) is 41.1 Å². The van der Waals surface area contributed by atoms with Crippen molar-refractivity contribution in [2.75, 3.05) is 14.2 Å². The van der Waals surface area contributed by atoms with Crippen LogP contribution in [-0.2, 0) is 21.4 Å². The molecule has 0 radical (unpaired) electrons. The Kier molecular flexibility index (Phi) is 9.52. The van der Waals surface area contributed by atoms with E-state index in [1.807, 2.05) is 0 Å². The fourth-order valence-electron chi connectivity index (χ4n) is 2.20. The van der Waals surface area contributed by atoms with Gasteiger partial charge in [0.05, 0.1) is 30.7 Å². The monoisotopic (exact) mass is 484 g/mol. The summed E-state index contributed by atoms with van der Waals surface area (Å²) in [4.78, 5) is 42.4. The minimum atomic E-state index is -0.772. The Morgan fingerprint density at radius 3 is 1.63 bits per heavy atom. The largest absolute Gasteiger partial charge is 0.465 e. The molecule has 0 aliphatic carbocycles. The van der Waals surface area contributed by atoms with E-state index in [-0.39, 0.29) is 29.1 Å². The number of halogens is 1. The fourth-order valence-corrected chi connectivity index (χ4v) is 2.55. The van der Waals surface area contributed by atoms with E-state index in [9.17, 15) is 29.8 Å². The Hall–Kier alpha value is -3.38. The van der Waals surface area contributed by atoms with Gasteiger partial charge in [-0.3, -0.25) is 20.2 Å². The highest BCUT2D eigenvalue weighted by molar-refractivity contribution is 9.08. The molecule has 12 heteroatoms. The van der Waals surface area contributed by atoms with E-state index in [2.05, 4.69) is 25.4 Å². The first-order valence-corrected chi connectivity index (χ1v) is 9.20. The molecule has 30 heavy (non-hydrogen) atoms. The number of aliphatic hydroxyl groups is 1. The van der Waals surface area contributed by atoms with Crippen LogP contribution in [0.5, 0.6) is 0 Å². The summed E-state index contributed by atoms with van der Waals surface area (Å²) < 4.78 is 8.84. The Morgan fingerprint density at radius 2 is 1.30 bits per heavy atom. The third kappa shape index (κ3) is 6.32. The first-order chi connectivity index (χ1) is 14.2. The lowest BCUT2D eigenvalue weighted by molar-refractivity contribution is -0.385. The maximum atomic E-state index is 11.2. The van der Waals surface area contributed by atoms with Crippen molar-refractivity contribution in [3.63, 3.8) is 0 Å². The van der Waals surface area contributed by atoms with E-state index in [0.29, 0.717) is 10.9 Å². The number of rotatable bonds is 6. The van der Waals surface area contributed by atoms with E-state index in [4.69, 9.17) is 5.11 Å². The minimum absolute atomic E-state index is 0.0350. The van der Waals surface area contributed by atoms with Gasteiger partial charge in [0, 0.05) is 17.5 Å². The standard InChI is InChI=1S/C9H8BrNO4.C9H9NO5/c1-15-9(12)7-3-2-6(5-10)4-8(7)11(13)14;1-15-9(12)7-3-2-6(5-11)4-8(7)10(13)14/h2-4H,5H2,1H3;2-4,11H,5H2,1H3. The number of ether oxygens (including phenoxy) is 2. The van der Waals surface area contributed by atoms with Gasteiger partial charge in [0.1, 0.15) is 11.1 Å². The van der Waals surface area contributed by atoms with Crippen molar-refractivity contribution in [3.05, 3.63) is 78.9 Å². The molecule has 2 rings (SSSR count). The zero-order chi connectivity index (χ0) is 22.8. The molecule has 0 aliphatic heterocycles. The minimum Gasteiger partial charge on any atom is -0.465 e. The number of alkyl halides is 1. The number of aliphatic hydroxyl groups excluding tert-OH is 1. The number of esters is 2. The number of nitrogens with zero attached hydrogens (tertiary/aromatic N) is 2. The van der Waals surface area contributed by atoms with Gasteiger partial charge in [0.25, 0.3) is 11.4 Å². The van der Waals surface area contributed by atoms with Crippen molar-refractivity contribution < 1.29 is 34.0 Å². The van der Waals surface area contributed by atoms with Crippen LogP contribution in [0.4, 0.5) is 11.4 Å². The lowest BCUT2D eigenvalue weighted by atomic mass is 10.1. The quantitative estimate of drug-likeness (QED) is 0.281. The van der Waals surface area contributed by atoms with Crippen LogP contribution in [0.1, 0.15) is 31.8 Å². The van der Waals surface area contributed by atoms with Crippen molar-refractivity contribution in [3.8, 4) is 0 Å². The van der Waals surface area contributed by atoms with Gasteiger partial charge in [-0.2, -0.15) is 0 Å². The van der Waals surface area contributed by atoms with Gasteiger partial charge in [-0.1, -0.05) is 28.1 Å². The fraction of sp³-hybridized carbons (Fsp3) is 0.222. The summed E-state index contributed by atoms with van der Waals surface area (Å²) in [5, 5.41) is 30.6. The molecule has 0 saturated heterocycles. The van der Waals surface area contributed by atoms with Crippen LogP contribution in [0, 0.1) is 20.2 Å². The number of methoxy groups -OCH3 is 2. The molecule has 0 amide bonds. The number of nitro groups is 2. The van der Waals surface area contributed by atoms with Gasteiger partial charge in [-0.15, -0.1) is 0 Å². The van der Waals surface area contributed by atoms with Crippen LogP contribution in [0.3, 0.4) is 0 Å². The van der Waals surface area contributed by atoms with E-state index in [0.717, 1.165) is 18.7 Å². The molecule has 1 N–H and O–H groups in total. The third-order valence-electron chi connectivity index (χ3n) is 3.67. The second-order valence-corrected chi connectivity index (χ2v) is 6.05. The molecule has 0 fully saturated rings. The van der Waals surface area contributed by atoms with Crippen molar-refractivity contribution >= 4 is 39.2 Å². The Bertz CT molecular complexity index is 885. The highest BCUT2D eigenvalue weighted by Gasteiger charge is 2.21. The zero-order valence-corrected chi connectivity index (χ0v) is 17.4. The Labute approximate surface area is 178 Å².